The second kappa shape index (κ2) is 3.49. The predicted octanol–water partition coefficient (Wildman–Crippen LogP) is 2.65. The van der Waals surface area contributed by atoms with Crippen molar-refractivity contribution in [2.75, 3.05) is 0 Å². The maximum absolute atomic E-state index is 13.6. The summed E-state index contributed by atoms with van der Waals surface area (Å²) < 4.78 is 49.9. The summed E-state index contributed by atoms with van der Waals surface area (Å²) in [4.78, 5) is 0. The number of nitriles is 1. The van der Waals surface area contributed by atoms with Gasteiger partial charge >= 0.3 is 0 Å². The second-order valence-electron chi connectivity index (χ2n) is 1.61. The minimum atomic E-state index is -2.73. The van der Waals surface area contributed by atoms with E-state index in [-0.39, 0.29) is 4.47 Å². The molecule has 0 bridgehead atoms. The van der Waals surface area contributed by atoms with Crippen molar-refractivity contribution in [1.29, 1.82) is 5.26 Å². The van der Waals surface area contributed by atoms with Gasteiger partial charge in [0, 0.05) is 12.8 Å². The normalized spacial score (nSPS) is 17.0. The molecule has 11 heavy (non-hydrogen) atoms. The molecule has 0 amide bonds. The fourth-order valence-corrected chi connectivity index (χ4v) is 0.778. The number of nitrogens with zero attached hydrogens (tertiary/aromatic N) is 1. The van der Waals surface area contributed by atoms with Crippen LogP contribution in [-0.4, -0.2) is 0 Å². The molecule has 0 saturated carbocycles. The first-order valence-electron chi connectivity index (χ1n) is 5.10. The monoisotopic (exact) mass is 218 g/mol. The van der Waals surface area contributed by atoms with Crippen molar-refractivity contribution in [2.45, 2.75) is 6.37 Å². The standard InChI is InChI=1S/C8H5BrFN/c9-7-2-1-6(3-4-11)8(10)5-7/h1-2,5H,3H2/i1D,2D,3D2,5D. The van der Waals surface area contributed by atoms with Gasteiger partial charge in [0.25, 0.3) is 0 Å². The maximum Gasteiger partial charge on any atom is 0.128 e. The van der Waals surface area contributed by atoms with E-state index in [1.165, 1.54) is 6.07 Å². The van der Waals surface area contributed by atoms with E-state index in [0.717, 1.165) is 0 Å². The van der Waals surface area contributed by atoms with Gasteiger partial charge in [-0.25, -0.2) is 4.39 Å². The van der Waals surface area contributed by atoms with Gasteiger partial charge in [-0.1, -0.05) is 22.0 Å². The first-order chi connectivity index (χ1) is 7.24. The molecule has 0 aliphatic carbocycles. The Morgan fingerprint density at radius 2 is 2.55 bits per heavy atom. The molecule has 0 atom stereocenters. The summed E-state index contributed by atoms with van der Waals surface area (Å²) in [6.45, 7) is 0. The summed E-state index contributed by atoms with van der Waals surface area (Å²) in [5.41, 5.74) is -0.867. The Bertz CT molecular complexity index is 467. The van der Waals surface area contributed by atoms with Crippen molar-refractivity contribution in [3.05, 3.63) is 34.0 Å². The second-order valence-corrected chi connectivity index (χ2v) is 2.41. The maximum atomic E-state index is 13.6. The summed E-state index contributed by atoms with van der Waals surface area (Å²) >= 11 is 2.76. The van der Waals surface area contributed by atoms with Crippen LogP contribution in [0, 0.1) is 17.1 Å². The Morgan fingerprint density at radius 3 is 3.18 bits per heavy atom. The highest BCUT2D eigenvalue weighted by Gasteiger charge is 2.00. The van der Waals surface area contributed by atoms with E-state index in [0.29, 0.717) is 0 Å². The smallest absolute Gasteiger partial charge is 0.128 e. The molecule has 56 valence electrons. The van der Waals surface area contributed by atoms with E-state index >= 15 is 0 Å². The van der Waals surface area contributed by atoms with Gasteiger partial charge in [0.15, 0.2) is 0 Å². The molecule has 0 fully saturated rings. The Kier molecular flexibility index (Phi) is 1.17. The van der Waals surface area contributed by atoms with Gasteiger partial charge in [-0.3, -0.25) is 0 Å². The molecule has 3 heteroatoms. The fraction of sp³-hybridized carbons (Fsp3) is 0.125. The van der Waals surface area contributed by atoms with Gasteiger partial charge in [-0.15, -0.1) is 0 Å². The van der Waals surface area contributed by atoms with E-state index in [9.17, 15) is 4.39 Å². The van der Waals surface area contributed by atoms with Crippen molar-refractivity contribution < 1.29 is 11.2 Å². The molecule has 1 nitrogen and oxygen atoms in total. The van der Waals surface area contributed by atoms with E-state index in [2.05, 4.69) is 15.9 Å². The van der Waals surface area contributed by atoms with Gasteiger partial charge in [0.2, 0.25) is 0 Å². The van der Waals surface area contributed by atoms with Gasteiger partial charge in [0.1, 0.15) is 5.82 Å². The topological polar surface area (TPSA) is 23.8 Å². The molecular weight excluding hydrogens is 209 g/mol. The molecule has 0 aliphatic heterocycles. The van der Waals surface area contributed by atoms with Crippen LogP contribution in [0.1, 0.15) is 12.4 Å². The van der Waals surface area contributed by atoms with Gasteiger partial charge in [-0.05, 0) is 12.1 Å². The highest BCUT2D eigenvalue weighted by Crippen LogP contribution is 2.15. The summed E-state index contributed by atoms with van der Waals surface area (Å²) in [6.07, 6.45) is -2.73. The molecule has 0 aromatic heterocycles. The Hall–Kier alpha value is -0.880. The van der Waals surface area contributed by atoms with Crippen LogP contribution in [0.15, 0.2) is 22.6 Å². The number of halogens is 2. The number of benzene rings is 1. The minimum Gasteiger partial charge on any atom is -0.207 e. The lowest BCUT2D eigenvalue weighted by molar-refractivity contribution is 0.614. The third-order valence-corrected chi connectivity index (χ3v) is 1.31. The lowest BCUT2D eigenvalue weighted by Crippen LogP contribution is -1.87. The third-order valence-electron chi connectivity index (χ3n) is 0.917. The lowest BCUT2D eigenvalue weighted by Gasteiger charge is -1.96. The van der Waals surface area contributed by atoms with Crippen LogP contribution in [0.3, 0.4) is 0 Å². The molecule has 0 unspecified atom stereocenters. The first kappa shape index (κ1) is 3.68. The zero-order chi connectivity index (χ0) is 12.7. The average molecular weight is 219 g/mol. The highest BCUT2D eigenvalue weighted by atomic mass is 79.9. The molecule has 0 heterocycles. The number of rotatable bonds is 1. The van der Waals surface area contributed by atoms with Crippen LogP contribution in [-0.2, 0) is 6.37 Å². The van der Waals surface area contributed by atoms with Crippen LogP contribution in [0.4, 0.5) is 4.39 Å². The van der Waals surface area contributed by atoms with Crippen LogP contribution in [0.5, 0.6) is 0 Å². The van der Waals surface area contributed by atoms with E-state index in [4.69, 9.17) is 12.1 Å². The van der Waals surface area contributed by atoms with Gasteiger partial charge < -0.3 is 0 Å². The molecule has 1 rings (SSSR count). The lowest BCUT2D eigenvalue weighted by atomic mass is 10.1. The zero-order valence-electron chi connectivity index (χ0n) is 10.2. The Morgan fingerprint density at radius 1 is 1.82 bits per heavy atom. The van der Waals surface area contributed by atoms with Crippen molar-refractivity contribution in [3.63, 3.8) is 0 Å². The van der Waals surface area contributed by atoms with Crippen molar-refractivity contribution >= 4 is 15.9 Å². The van der Waals surface area contributed by atoms with Crippen LogP contribution >= 0.6 is 15.9 Å². The molecule has 1 aromatic rings. The van der Waals surface area contributed by atoms with Gasteiger partial charge in [0.05, 0.1) is 16.6 Å². The van der Waals surface area contributed by atoms with Crippen molar-refractivity contribution in [3.8, 4) is 6.07 Å². The summed E-state index contributed by atoms with van der Waals surface area (Å²) in [7, 11) is 0. The summed E-state index contributed by atoms with van der Waals surface area (Å²) in [6, 6.07) is -0.765. The molecule has 0 saturated heterocycles. The first-order valence-corrected chi connectivity index (χ1v) is 3.39. The van der Waals surface area contributed by atoms with E-state index in [1.54, 1.807) is 0 Å². The van der Waals surface area contributed by atoms with Crippen LogP contribution in [0.2, 0.25) is 0 Å². The summed E-state index contributed by atoms with van der Waals surface area (Å²) in [5, 5.41) is 8.54. The fourth-order valence-electron chi connectivity index (χ4n) is 0.504. The highest BCUT2D eigenvalue weighted by molar-refractivity contribution is 9.10. The quantitative estimate of drug-likeness (QED) is 0.712. The zero-order valence-corrected chi connectivity index (χ0v) is 6.79. The third kappa shape index (κ3) is 2.02. The van der Waals surface area contributed by atoms with E-state index in [1.807, 2.05) is 0 Å². The number of hydrogen-bond acceptors (Lipinski definition) is 1. The molecule has 0 N–H and O–H groups in total. The largest absolute Gasteiger partial charge is 0.207 e. The molecule has 0 spiro atoms. The molecular formula is C8H5BrFN. The van der Waals surface area contributed by atoms with Gasteiger partial charge in [-0.2, -0.15) is 5.26 Å². The number of hydrogen-bond donors (Lipinski definition) is 0. The Balaban J connectivity index is 3.73. The molecule has 0 aliphatic rings. The minimum absolute atomic E-state index is 0.229. The summed E-state index contributed by atoms with van der Waals surface area (Å²) in [5.74, 6) is -1.29. The van der Waals surface area contributed by atoms with E-state index < -0.39 is 35.9 Å². The molecule has 1 aromatic carbocycles. The SMILES string of the molecule is [2H]c1c([2H])c(C([2H])([2H])C#N)c(F)c([2H])c1Br. The van der Waals surface area contributed by atoms with Crippen molar-refractivity contribution in [2.24, 2.45) is 0 Å². The van der Waals surface area contributed by atoms with Crippen LogP contribution < -0.4 is 0 Å². The predicted molar refractivity (Wildman–Crippen MR) is 43.4 cm³/mol. The Labute approximate surface area is 79.6 Å². The molecule has 0 radical (unpaired) electrons. The average Bonchev–Trinajstić information content (AvgIpc) is 2.23. The van der Waals surface area contributed by atoms with Crippen molar-refractivity contribution in [1.82, 2.24) is 0 Å². The van der Waals surface area contributed by atoms with Crippen LogP contribution in [0.25, 0.3) is 0 Å².